The minimum atomic E-state index is -4.10. The van der Waals surface area contributed by atoms with Crippen LogP contribution in [0.3, 0.4) is 0 Å². The van der Waals surface area contributed by atoms with E-state index in [1.165, 1.54) is 4.90 Å². The first-order valence-corrected chi connectivity index (χ1v) is 15.6. The molecule has 1 N–H and O–H groups in total. The SMILES string of the molecule is CC[C@H](C)NC(=O)[C@H](C)N(Cc1ccc(Br)cc1)C(=O)CN(c1ccc(C)c(C)c1)S(=O)(=O)c1ccc(C)cc1. The van der Waals surface area contributed by atoms with Gasteiger partial charge in [0.1, 0.15) is 12.6 Å². The van der Waals surface area contributed by atoms with Crippen molar-refractivity contribution in [3.8, 4) is 0 Å². The van der Waals surface area contributed by atoms with Crippen molar-refractivity contribution in [2.75, 3.05) is 10.8 Å². The van der Waals surface area contributed by atoms with Crippen molar-refractivity contribution in [2.24, 2.45) is 0 Å². The number of rotatable bonds is 11. The van der Waals surface area contributed by atoms with Crippen LogP contribution in [0.25, 0.3) is 0 Å². The van der Waals surface area contributed by atoms with Gasteiger partial charge in [0.15, 0.2) is 0 Å². The normalized spacial score (nSPS) is 12.9. The zero-order chi connectivity index (χ0) is 29.6. The van der Waals surface area contributed by atoms with Crippen LogP contribution < -0.4 is 9.62 Å². The van der Waals surface area contributed by atoms with Crippen molar-refractivity contribution < 1.29 is 18.0 Å². The van der Waals surface area contributed by atoms with Gasteiger partial charge in [0.05, 0.1) is 10.6 Å². The van der Waals surface area contributed by atoms with Crippen LogP contribution in [0.15, 0.2) is 76.1 Å². The van der Waals surface area contributed by atoms with E-state index in [0.29, 0.717) is 5.69 Å². The van der Waals surface area contributed by atoms with Crippen molar-refractivity contribution in [2.45, 2.75) is 71.5 Å². The lowest BCUT2D eigenvalue weighted by molar-refractivity contribution is -0.139. The molecule has 2 atom stereocenters. The Hall–Kier alpha value is -3.17. The van der Waals surface area contributed by atoms with Crippen molar-refractivity contribution >= 4 is 43.5 Å². The van der Waals surface area contributed by atoms with Gasteiger partial charge in [-0.25, -0.2) is 8.42 Å². The van der Waals surface area contributed by atoms with E-state index >= 15 is 0 Å². The fraction of sp³-hybridized carbons (Fsp3) is 0.355. The van der Waals surface area contributed by atoms with E-state index in [2.05, 4.69) is 21.2 Å². The number of anilines is 1. The molecular formula is C31H38BrN3O4S. The fourth-order valence-electron chi connectivity index (χ4n) is 4.08. The molecule has 0 saturated carbocycles. The highest BCUT2D eigenvalue weighted by Crippen LogP contribution is 2.27. The van der Waals surface area contributed by atoms with Crippen LogP contribution in [0.4, 0.5) is 5.69 Å². The second kappa shape index (κ2) is 13.5. The van der Waals surface area contributed by atoms with Crippen LogP contribution >= 0.6 is 15.9 Å². The first-order valence-electron chi connectivity index (χ1n) is 13.3. The van der Waals surface area contributed by atoms with E-state index < -0.39 is 28.5 Å². The van der Waals surface area contributed by atoms with Gasteiger partial charge < -0.3 is 10.2 Å². The van der Waals surface area contributed by atoms with Gasteiger partial charge in [0.2, 0.25) is 11.8 Å². The summed E-state index contributed by atoms with van der Waals surface area (Å²) in [6.07, 6.45) is 0.745. The number of amides is 2. The van der Waals surface area contributed by atoms with E-state index in [1.54, 1.807) is 43.3 Å². The lowest BCUT2D eigenvalue weighted by atomic mass is 10.1. The summed E-state index contributed by atoms with van der Waals surface area (Å²) in [5.41, 5.74) is 4.04. The second-order valence-corrected chi connectivity index (χ2v) is 13.0. The van der Waals surface area contributed by atoms with Crippen molar-refractivity contribution in [3.05, 3.63) is 93.5 Å². The number of halogens is 1. The molecule has 3 aromatic rings. The van der Waals surface area contributed by atoms with Crippen LogP contribution in [0, 0.1) is 20.8 Å². The summed E-state index contributed by atoms with van der Waals surface area (Å²) >= 11 is 3.43. The van der Waals surface area contributed by atoms with Gasteiger partial charge in [-0.3, -0.25) is 13.9 Å². The van der Waals surface area contributed by atoms with Gasteiger partial charge in [-0.05, 0) is 94.1 Å². The molecule has 0 bridgehead atoms. The highest BCUT2D eigenvalue weighted by Gasteiger charge is 2.33. The smallest absolute Gasteiger partial charge is 0.264 e. The Morgan fingerprint density at radius 2 is 1.52 bits per heavy atom. The number of carbonyl (C=O) groups is 2. The summed E-state index contributed by atoms with van der Waals surface area (Å²) in [7, 11) is -4.10. The molecule has 3 aromatic carbocycles. The Morgan fingerprint density at radius 3 is 2.10 bits per heavy atom. The van der Waals surface area contributed by atoms with Crippen molar-refractivity contribution in [3.63, 3.8) is 0 Å². The topological polar surface area (TPSA) is 86.8 Å². The van der Waals surface area contributed by atoms with Crippen molar-refractivity contribution in [1.82, 2.24) is 10.2 Å². The van der Waals surface area contributed by atoms with Gasteiger partial charge in [-0.2, -0.15) is 0 Å². The van der Waals surface area contributed by atoms with Crippen LogP contribution in [0.1, 0.15) is 49.4 Å². The molecule has 0 fully saturated rings. The molecule has 0 heterocycles. The van der Waals surface area contributed by atoms with Gasteiger partial charge in [-0.15, -0.1) is 0 Å². The first-order chi connectivity index (χ1) is 18.8. The molecular weight excluding hydrogens is 590 g/mol. The van der Waals surface area contributed by atoms with Crippen LogP contribution in [-0.2, 0) is 26.2 Å². The predicted molar refractivity (Wildman–Crippen MR) is 164 cm³/mol. The number of sulfonamides is 1. The number of carbonyl (C=O) groups excluding carboxylic acids is 2. The molecule has 0 aliphatic heterocycles. The Labute approximate surface area is 246 Å². The monoisotopic (exact) mass is 627 g/mol. The maximum atomic E-state index is 14.0. The molecule has 0 aliphatic carbocycles. The van der Waals surface area contributed by atoms with E-state index in [0.717, 1.165) is 37.5 Å². The zero-order valence-electron chi connectivity index (χ0n) is 23.9. The van der Waals surface area contributed by atoms with E-state index in [4.69, 9.17) is 0 Å². The summed E-state index contributed by atoms with van der Waals surface area (Å²) in [6.45, 7) is 11.0. The van der Waals surface area contributed by atoms with Gasteiger partial charge in [-0.1, -0.05) is 58.7 Å². The molecule has 9 heteroatoms. The Kier molecular flexibility index (Phi) is 10.6. The standard InChI is InChI=1S/C31H38BrN3O4S/c1-7-24(5)33-31(37)25(6)34(19-26-11-13-27(32)14-12-26)30(36)20-35(28-15-10-22(3)23(4)18-28)40(38,39)29-16-8-21(2)9-17-29/h8-18,24-25H,7,19-20H2,1-6H3,(H,33,37)/t24-,25-/m0/s1. The Balaban J connectivity index is 2.04. The molecule has 0 aliphatic rings. The summed E-state index contributed by atoms with van der Waals surface area (Å²) in [5.74, 6) is -0.775. The van der Waals surface area contributed by atoms with Crippen LogP contribution in [-0.4, -0.2) is 43.8 Å². The minimum Gasteiger partial charge on any atom is -0.352 e. The predicted octanol–water partition coefficient (Wildman–Crippen LogP) is 5.90. The quantitative estimate of drug-likeness (QED) is 0.287. The lowest BCUT2D eigenvalue weighted by Crippen LogP contribution is -2.52. The van der Waals surface area contributed by atoms with Crippen molar-refractivity contribution in [1.29, 1.82) is 0 Å². The summed E-state index contributed by atoms with van der Waals surface area (Å²) in [5, 5.41) is 2.95. The van der Waals surface area contributed by atoms with E-state index in [-0.39, 0.29) is 23.4 Å². The molecule has 0 unspecified atom stereocenters. The second-order valence-electron chi connectivity index (χ2n) is 10.2. The van der Waals surface area contributed by atoms with Gasteiger partial charge in [0, 0.05) is 17.1 Å². The molecule has 0 radical (unpaired) electrons. The first kappa shape index (κ1) is 31.4. The summed E-state index contributed by atoms with van der Waals surface area (Å²) in [6, 6.07) is 18.5. The van der Waals surface area contributed by atoms with Gasteiger partial charge >= 0.3 is 0 Å². The highest BCUT2D eigenvalue weighted by molar-refractivity contribution is 9.10. The average Bonchev–Trinajstić information content (AvgIpc) is 2.92. The molecule has 7 nitrogen and oxygen atoms in total. The molecule has 0 spiro atoms. The number of nitrogens with zero attached hydrogens (tertiary/aromatic N) is 2. The minimum absolute atomic E-state index is 0.0615. The molecule has 2 amide bonds. The third kappa shape index (κ3) is 7.73. The maximum absolute atomic E-state index is 14.0. The third-order valence-corrected chi connectivity index (χ3v) is 9.42. The number of aryl methyl sites for hydroxylation is 3. The Bertz CT molecular complexity index is 1440. The molecule has 3 rings (SSSR count). The van der Waals surface area contributed by atoms with E-state index in [1.807, 2.05) is 65.0 Å². The zero-order valence-corrected chi connectivity index (χ0v) is 26.3. The van der Waals surface area contributed by atoms with Crippen LogP contribution in [0.5, 0.6) is 0 Å². The molecule has 40 heavy (non-hydrogen) atoms. The highest BCUT2D eigenvalue weighted by atomic mass is 79.9. The lowest BCUT2D eigenvalue weighted by Gasteiger charge is -2.32. The average molecular weight is 629 g/mol. The summed E-state index contributed by atoms with van der Waals surface area (Å²) in [4.78, 5) is 28.7. The van der Waals surface area contributed by atoms with E-state index in [9.17, 15) is 18.0 Å². The Morgan fingerprint density at radius 1 is 0.900 bits per heavy atom. The summed E-state index contributed by atoms with van der Waals surface area (Å²) < 4.78 is 29.9. The molecule has 214 valence electrons. The fourth-order valence-corrected chi connectivity index (χ4v) is 5.75. The van der Waals surface area contributed by atoms with Gasteiger partial charge in [0.25, 0.3) is 10.0 Å². The number of benzene rings is 3. The maximum Gasteiger partial charge on any atom is 0.264 e. The third-order valence-electron chi connectivity index (χ3n) is 7.10. The number of nitrogens with one attached hydrogen (secondary N) is 1. The molecule has 0 saturated heterocycles. The number of hydrogen-bond acceptors (Lipinski definition) is 4. The molecule has 0 aromatic heterocycles. The largest absolute Gasteiger partial charge is 0.352 e. The number of hydrogen-bond donors (Lipinski definition) is 1. The van der Waals surface area contributed by atoms with Crippen LogP contribution in [0.2, 0.25) is 0 Å².